The summed E-state index contributed by atoms with van der Waals surface area (Å²) >= 11 is 6.23. The third kappa shape index (κ3) is 4.07. The van der Waals surface area contributed by atoms with Crippen molar-refractivity contribution in [3.05, 3.63) is 69.9 Å². The van der Waals surface area contributed by atoms with Crippen molar-refractivity contribution in [1.82, 2.24) is 14.7 Å². The minimum atomic E-state index is -0.190. The minimum absolute atomic E-state index is 0.0118. The number of nitrogens with zero attached hydrogens (tertiary/aromatic N) is 4. The first kappa shape index (κ1) is 21.9. The molecule has 4 rings (SSSR count). The predicted octanol–water partition coefficient (Wildman–Crippen LogP) is 4.22. The van der Waals surface area contributed by atoms with Crippen LogP contribution in [0.4, 0.5) is 5.69 Å². The molecule has 32 heavy (non-hydrogen) atoms. The van der Waals surface area contributed by atoms with Crippen LogP contribution in [0.3, 0.4) is 0 Å². The summed E-state index contributed by atoms with van der Waals surface area (Å²) in [4.78, 5) is 15.1. The third-order valence-electron chi connectivity index (χ3n) is 5.58. The highest BCUT2D eigenvalue weighted by atomic mass is 35.5. The molecule has 1 aliphatic rings. The normalized spacial score (nSPS) is 15.4. The number of aliphatic hydroxyl groups excluding tert-OH is 1. The highest BCUT2D eigenvalue weighted by Crippen LogP contribution is 2.36. The summed E-state index contributed by atoms with van der Waals surface area (Å²) in [5.74, 6) is -0.101. The van der Waals surface area contributed by atoms with Crippen molar-refractivity contribution in [3.8, 4) is 17.3 Å². The van der Waals surface area contributed by atoms with Gasteiger partial charge in [0.05, 0.1) is 30.0 Å². The summed E-state index contributed by atoms with van der Waals surface area (Å²) in [5.41, 5.74) is 4.86. The van der Waals surface area contributed by atoms with Gasteiger partial charge >= 0.3 is 0 Å². The second kappa shape index (κ2) is 9.03. The van der Waals surface area contributed by atoms with E-state index in [1.807, 2.05) is 26.0 Å². The SMILES string of the molecule is CCNc1cc(Cl)cc(CO)c1-c1cc2n(n1)[C@@H](C)CN(Cc1ccc(C#N)cc1)C2=O. The predicted molar refractivity (Wildman–Crippen MR) is 123 cm³/mol. The molecule has 0 saturated heterocycles. The fourth-order valence-corrected chi connectivity index (χ4v) is 4.36. The molecule has 1 amide bonds. The molecular formula is C24H24ClN5O2. The Hall–Kier alpha value is -3.34. The number of nitrogens with one attached hydrogen (secondary N) is 1. The van der Waals surface area contributed by atoms with Crippen LogP contribution < -0.4 is 5.32 Å². The molecule has 0 bridgehead atoms. The number of hydrogen-bond acceptors (Lipinski definition) is 5. The maximum absolute atomic E-state index is 13.3. The zero-order valence-electron chi connectivity index (χ0n) is 18.0. The summed E-state index contributed by atoms with van der Waals surface area (Å²) in [6.45, 7) is 5.48. The highest BCUT2D eigenvalue weighted by molar-refractivity contribution is 6.31. The summed E-state index contributed by atoms with van der Waals surface area (Å²) in [6, 6.07) is 14.7. The van der Waals surface area contributed by atoms with Crippen LogP contribution in [0.5, 0.6) is 0 Å². The number of halogens is 1. The monoisotopic (exact) mass is 449 g/mol. The topological polar surface area (TPSA) is 94.2 Å². The largest absolute Gasteiger partial charge is 0.392 e. The number of anilines is 1. The molecule has 3 aromatic rings. The lowest BCUT2D eigenvalue weighted by Crippen LogP contribution is -2.41. The maximum atomic E-state index is 13.3. The van der Waals surface area contributed by atoms with E-state index in [1.54, 1.807) is 39.9 Å². The van der Waals surface area contributed by atoms with Crippen molar-refractivity contribution in [2.75, 3.05) is 18.4 Å². The van der Waals surface area contributed by atoms with Gasteiger partial charge in [0.2, 0.25) is 0 Å². The maximum Gasteiger partial charge on any atom is 0.272 e. The minimum Gasteiger partial charge on any atom is -0.392 e. The van der Waals surface area contributed by atoms with E-state index in [0.29, 0.717) is 47.2 Å². The van der Waals surface area contributed by atoms with Crippen LogP contribution in [0.25, 0.3) is 11.3 Å². The molecular weight excluding hydrogens is 426 g/mol. The number of hydrogen-bond donors (Lipinski definition) is 2. The first-order valence-corrected chi connectivity index (χ1v) is 10.9. The Labute approximate surface area is 191 Å². The van der Waals surface area contributed by atoms with Gasteiger partial charge in [-0.05, 0) is 55.3 Å². The molecule has 2 N–H and O–H groups in total. The lowest BCUT2D eigenvalue weighted by atomic mass is 10.0. The van der Waals surface area contributed by atoms with Crippen LogP contribution in [0, 0.1) is 11.3 Å². The number of amides is 1. The van der Waals surface area contributed by atoms with Gasteiger partial charge in [-0.1, -0.05) is 23.7 Å². The Morgan fingerprint density at radius 3 is 2.69 bits per heavy atom. The zero-order valence-corrected chi connectivity index (χ0v) is 18.7. The van der Waals surface area contributed by atoms with Crippen molar-refractivity contribution >= 4 is 23.2 Å². The van der Waals surface area contributed by atoms with Gasteiger partial charge in [-0.2, -0.15) is 10.4 Å². The fourth-order valence-electron chi connectivity index (χ4n) is 4.12. The van der Waals surface area contributed by atoms with Crippen molar-refractivity contribution in [2.24, 2.45) is 0 Å². The average Bonchev–Trinajstić information content (AvgIpc) is 3.23. The van der Waals surface area contributed by atoms with Crippen LogP contribution in [-0.2, 0) is 13.2 Å². The van der Waals surface area contributed by atoms with Gasteiger partial charge in [-0.3, -0.25) is 9.48 Å². The molecule has 2 heterocycles. The van der Waals surface area contributed by atoms with E-state index in [2.05, 4.69) is 11.4 Å². The Morgan fingerprint density at radius 1 is 1.28 bits per heavy atom. The van der Waals surface area contributed by atoms with E-state index in [4.69, 9.17) is 22.0 Å². The molecule has 0 saturated carbocycles. The standard InChI is InChI=1S/C24H24ClN5O2/c1-3-27-20-9-19(25)8-18(14-31)23(20)21-10-22-24(32)29(12-15(2)30(22)28-21)13-17-6-4-16(11-26)5-7-17/h4-10,15,27,31H,3,12-14H2,1-2H3/t15-/m0/s1. The molecule has 1 atom stereocenters. The number of nitriles is 1. The first-order chi connectivity index (χ1) is 15.4. The molecule has 0 unspecified atom stereocenters. The van der Waals surface area contributed by atoms with Crippen LogP contribution >= 0.6 is 11.6 Å². The van der Waals surface area contributed by atoms with Crippen LogP contribution in [0.15, 0.2) is 42.5 Å². The highest BCUT2D eigenvalue weighted by Gasteiger charge is 2.31. The Kier molecular flexibility index (Phi) is 6.17. The number of carbonyl (C=O) groups is 1. The Morgan fingerprint density at radius 2 is 2.03 bits per heavy atom. The van der Waals surface area contributed by atoms with Crippen molar-refractivity contribution in [1.29, 1.82) is 5.26 Å². The molecule has 8 heteroatoms. The molecule has 0 fully saturated rings. The van der Waals surface area contributed by atoms with Crippen molar-refractivity contribution < 1.29 is 9.90 Å². The molecule has 0 spiro atoms. The quantitative estimate of drug-likeness (QED) is 0.587. The zero-order chi connectivity index (χ0) is 22.8. The van der Waals surface area contributed by atoms with Gasteiger partial charge in [-0.25, -0.2) is 0 Å². The Bertz CT molecular complexity index is 1200. The number of fused-ring (bicyclic) bond motifs is 1. The third-order valence-corrected chi connectivity index (χ3v) is 5.80. The van der Waals surface area contributed by atoms with E-state index < -0.39 is 0 Å². The van der Waals surface area contributed by atoms with E-state index >= 15 is 0 Å². The summed E-state index contributed by atoms with van der Waals surface area (Å²) < 4.78 is 1.76. The van der Waals surface area contributed by atoms with Gasteiger partial charge in [0, 0.05) is 35.9 Å². The van der Waals surface area contributed by atoms with Crippen molar-refractivity contribution in [3.63, 3.8) is 0 Å². The lowest BCUT2D eigenvalue weighted by Gasteiger charge is -2.31. The molecule has 2 aromatic carbocycles. The molecule has 0 aliphatic carbocycles. The average molecular weight is 450 g/mol. The smallest absolute Gasteiger partial charge is 0.272 e. The number of rotatable bonds is 6. The van der Waals surface area contributed by atoms with Gasteiger partial charge < -0.3 is 15.3 Å². The molecule has 7 nitrogen and oxygen atoms in total. The van der Waals surface area contributed by atoms with Gasteiger partial charge in [0.25, 0.3) is 5.91 Å². The van der Waals surface area contributed by atoms with E-state index in [1.165, 1.54) is 0 Å². The van der Waals surface area contributed by atoms with E-state index in [9.17, 15) is 9.90 Å². The first-order valence-electron chi connectivity index (χ1n) is 10.5. The fraction of sp³-hybridized carbons (Fsp3) is 0.292. The summed E-state index contributed by atoms with van der Waals surface area (Å²) in [5, 5.41) is 27.5. The van der Waals surface area contributed by atoms with Crippen LogP contribution in [0.1, 0.15) is 47.1 Å². The molecule has 0 radical (unpaired) electrons. The van der Waals surface area contributed by atoms with E-state index in [0.717, 1.165) is 16.8 Å². The summed E-state index contributed by atoms with van der Waals surface area (Å²) in [7, 11) is 0. The van der Waals surface area contributed by atoms with Gasteiger partial charge in [-0.15, -0.1) is 0 Å². The van der Waals surface area contributed by atoms with Crippen LogP contribution in [-0.4, -0.2) is 38.8 Å². The lowest BCUT2D eigenvalue weighted by molar-refractivity contribution is 0.0651. The molecule has 1 aromatic heterocycles. The number of carbonyl (C=O) groups excluding carboxylic acids is 1. The second-order valence-electron chi connectivity index (χ2n) is 7.88. The molecule has 1 aliphatic heterocycles. The number of aromatic nitrogens is 2. The number of aliphatic hydroxyl groups is 1. The Balaban J connectivity index is 1.70. The van der Waals surface area contributed by atoms with Crippen LogP contribution in [0.2, 0.25) is 5.02 Å². The van der Waals surface area contributed by atoms with E-state index in [-0.39, 0.29) is 18.6 Å². The summed E-state index contributed by atoms with van der Waals surface area (Å²) in [6.07, 6.45) is 0. The second-order valence-corrected chi connectivity index (χ2v) is 8.32. The number of benzene rings is 2. The van der Waals surface area contributed by atoms with Gasteiger partial charge in [0.15, 0.2) is 0 Å². The van der Waals surface area contributed by atoms with Crippen molar-refractivity contribution in [2.45, 2.75) is 33.0 Å². The molecule has 164 valence electrons. The van der Waals surface area contributed by atoms with Gasteiger partial charge in [0.1, 0.15) is 5.69 Å².